The highest BCUT2D eigenvalue weighted by molar-refractivity contribution is 8.00. The van der Waals surface area contributed by atoms with Gasteiger partial charge < -0.3 is 15.0 Å². The summed E-state index contributed by atoms with van der Waals surface area (Å²) in [5, 5.41) is 3.50. The zero-order valence-corrected chi connectivity index (χ0v) is 15.7. The molecule has 0 amide bonds. The van der Waals surface area contributed by atoms with Gasteiger partial charge >= 0.3 is 0 Å². The minimum Gasteiger partial charge on any atom is -0.381 e. The largest absolute Gasteiger partial charge is 0.381 e. The standard InChI is InChI=1S/C19H29N3OS/c1-3-20-18(21-15-19(24-2)9-12-23-13-10-19)22-11-8-16-6-4-5-7-17(16)14-22/h4-7H,3,8-15H2,1-2H3,(H,20,21). The van der Waals surface area contributed by atoms with Crippen molar-refractivity contribution in [3.63, 3.8) is 0 Å². The van der Waals surface area contributed by atoms with Crippen molar-refractivity contribution in [2.24, 2.45) is 4.99 Å². The van der Waals surface area contributed by atoms with Gasteiger partial charge in [0.25, 0.3) is 0 Å². The van der Waals surface area contributed by atoms with Crippen LogP contribution in [0.4, 0.5) is 0 Å². The predicted molar refractivity (Wildman–Crippen MR) is 103 cm³/mol. The first-order chi connectivity index (χ1) is 11.8. The summed E-state index contributed by atoms with van der Waals surface area (Å²) >= 11 is 1.96. The number of nitrogens with one attached hydrogen (secondary N) is 1. The highest BCUT2D eigenvalue weighted by Crippen LogP contribution is 2.34. The Labute approximate surface area is 150 Å². The van der Waals surface area contributed by atoms with Gasteiger partial charge in [0.15, 0.2) is 5.96 Å². The zero-order chi connectivity index (χ0) is 16.8. The third kappa shape index (κ3) is 4.06. The van der Waals surface area contributed by atoms with Gasteiger partial charge in [0.1, 0.15) is 0 Å². The number of hydrogen-bond donors (Lipinski definition) is 1. The summed E-state index contributed by atoms with van der Waals surface area (Å²) < 4.78 is 5.79. The van der Waals surface area contributed by atoms with Gasteiger partial charge in [0.2, 0.25) is 0 Å². The van der Waals surface area contributed by atoms with E-state index in [0.29, 0.717) is 0 Å². The summed E-state index contributed by atoms with van der Waals surface area (Å²) in [7, 11) is 0. The van der Waals surface area contributed by atoms with Gasteiger partial charge in [0, 0.05) is 37.6 Å². The number of hydrogen-bond acceptors (Lipinski definition) is 3. The van der Waals surface area contributed by atoms with Crippen LogP contribution >= 0.6 is 11.8 Å². The molecule has 3 rings (SSSR count). The van der Waals surface area contributed by atoms with Gasteiger partial charge in [-0.2, -0.15) is 11.8 Å². The molecule has 0 saturated carbocycles. The number of aliphatic imine (C=N–C) groups is 1. The molecule has 5 heteroatoms. The lowest BCUT2D eigenvalue weighted by Crippen LogP contribution is -2.45. The SMILES string of the molecule is CCNC(=NCC1(SC)CCOCC1)N1CCc2ccccc2C1. The highest BCUT2D eigenvalue weighted by atomic mass is 32.2. The van der Waals surface area contributed by atoms with Crippen molar-refractivity contribution in [2.75, 3.05) is 39.1 Å². The van der Waals surface area contributed by atoms with Crippen LogP contribution in [0.25, 0.3) is 0 Å². The van der Waals surface area contributed by atoms with E-state index in [1.54, 1.807) is 0 Å². The molecular formula is C19H29N3OS. The summed E-state index contributed by atoms with van der Waals surface area (Å²) in [6, 6.07) is 8.77. The topological polar surface area (TPSA) is 36.9 Å². The van der Waals surface area contributed by atoms with Crippen LogP contribution in [0.15, 0.2) is 29.3 Å². The normalized spacial score (nSPS) is 20.6. The third-order valence-corrected chi connectivity index (χ3v) is 6.52. The molecule has 24 heavy (non-hydrogen) atoms. The Morgan fingerprint density at radius 2 is 2.04 bits per heavy atom. The molecule has 0 aromatic heterocycles. The van der Waals surface area contributed by atoms with E-state index in [2.05, 4.69) is 47.7 Å². The lowest BCUT2D eigenvalue weighted by atomic mass is 9.99. The fourth-order valence-electron chi connectivity index (χ4n) is 3.49. The first-order valence-electron chi connectivity index (χ1n) is 8.99. The lowest BCUT2D eigenvalue weighted by molar-refractivity contribution is 0.0793. The molecule has 0 aliphatic carbocycles. The maximum Gasteiger partial charge on any atom is 0.194 e. The van der Waals surface area contributed by atoms with E-state index < -0.39 is 0 Å². The van der Waals surface area contributed by atoms with E-state index in [1.165, 1.54) is 11.1 Å². The van der Waals surface area contributed by atoms with Crippen molar-refractivity contribution in [1.82, 2.24) is 10.2 Å². The maximum absolute atomic E-state index is 5.55. The monoisotopic (exact) mass is 347 g/mol. The smallest absolute Gasteiger partial charge is 0.194 e. The Bertz CT molecular complexity index is 569. The van der Waals surface area contributed by atoms with Crippen LogP contribution in [-0.2, 0) is 17.7 Å². The van der Waals surface area contributed by atoms with Crippen molar-refractivity contribution in [3.8, 4) is 0 Å². The van der Waals surface area contributed by atoms with Gasteiger partial charge in [-0.05, 0) is 43.6 Å². The van der Waals surface area contributed by atoms with Gasteiger partial charge in [-0.1, -0.05) is 24.3 Å². The summed E-state index contributed by atoms with van der Waals surface area (Å²) in [6.45, 7) is 7.65. The molecule has 1 fully saturated rings. The summed E-state index contributed by atoms with van der Waals surface area (Å²) in [6.07, 6.45) is 5.51. The summed E-state index contributed by atoms with van der Waals surface area (Å²) in [4.78, 5) is 7.43. The molecule has 0 radical (unpaired) electrons. The minimum atomic E-state index is 0.243. The highest BCUT2D eigenvalue weighted by Gasteiger charge is 2.32. The summed E-state index contributed by atoms with van der Waals surface area (Å²) in [5.41, 5.74) is 2.91. The fraction of sp³-hybridized carbons (Fsp3) is 0.632. The number of rotatable bonds is 4. The van der Waals surface area contributed by atoms with Gasteiger partial charge in [-0.3, -0.25) is 4.99 Å². The molecule has 1 N–H and O–H groups in total. The molecule has 2 aliphatic heterocycles. The molecule has 0 bridgehead atoms. The molecule has 2 aliphatic rings. The molecule has 1 saturated heterocycles. The second-order valence-corrected chi connectivity index (χ2v) is 7.88. The Morgan fingerprint density at radius 3 is 2.75 bits per heavy atom. The number of thioether (sulfide) groups is 1. The number of guanidine groups is 1. The van der Waals surface area contributed by atoms with Crippen LogP contribution in [0.5, 0.6) is 0 Å². The number of nitrogens with zero attached hydrogens (tertiary/aromatic N) is 2. The fourth-order valence-corrected chi connectivity index (χ4v) is 4.26. The second kappa shape index (κ2) is 8.26. The van der Waals surface area contributed by atoms with E-state index >= 15 is 0 Å². The predicted octanol–water partition coefficient (Wildman–Crippen LogP) is 2.92. The molecule has 0 atom stereocenters. The second-order valence-electron chi connectivity index (χ2n) is 6.61. The molecule has 132 valence electrons. The van der Waals surface area contributed by atoms with Crippen molar-refractivity contribution in [3.05, 3.63) is 35.4 Å². The third-order valence-electron chi connectivity index (χ3n) is 5.12. The molecule has 2 heterocycles. The van der Waals surface area contributed by atoms with Crippen LogP contribution in [0.1, 0.15) is 30.9 Å². The Balaban J connectivity index is 1.72. The van der Waals surface area contributed by atoms with Gasteiger partial charge in [-0.25, -0.2) is 0 Å². The van der Waals surface area contributed by atoms with Crippen molar-refractivity contribution in [2.45, 2.75) is 37.5 Å². The van der Waals surface area contributed by atoms with Crippen LogP contribution in [0.3, 0.4) is 0 Å². The van der Waals surface area contributed by atoms with Crippen LogP contribution < -0.4 is 5.32 Å². The average molecular weight is 348 g/mol. The van der Waals surface area contributed by atoms with Crippen molar-refractivity contribution >= 4 is 17.7 Å². The maximum atomic E-state index is 5.55. The first-order valence-corrected chi connectivity index (χ1v) is 10.2. The Hall–Kier alpha value is -1.20. The Morgan fingerprint density at radius 1 is 1.29 bits per heavy atom. The molecule has 1 aromatic carbocycles. The average Bonchev–Trinajstić information content (AvgIpc) is 2.65. The van der Waals surface area contributed by atoms with E-state index in [-0.39, 0.29) is 4.75 Å². The van der Waals surface area contributed by atoms with E-state index in [0.717, 1.165) is 64.6 Å². The number of fused-ring (bicyclic) bond motifs is 1. The van der Waals surface area contributed by atoms with Crippen LogP contribution in [0.2, 0.25) is 0 Å². The molecule has 0 spiro atoms. The van der Waals surface area contributed by atoms with Crippen LogP contribution in [0, 0.1) is 0 Å². The van der Waals surface area contributed by atoms with Gasteiger partial charge in [0.05, 0.1) is 6.54 Å². The number of ether oxygens (including phenoxy) is 1. The van der Waals surface area contributed by atoms with E-state index in [1.807, 2.05) is 11.8 Å². The zero-order valence-electron chi connectivity index (χ0n) is 14.9. The molecule has 4 nitrogen and oxygen atoms in total. The lowest BCUT2D eigenvalue weighted by Gasteiger charge is -2.36. The molecule has 0 unspecified atom stereocenters. The summed E-state index contributed by atoms with van der Waals surface area (Å²) in [5.74, 6) is 1.06. The van der Waals surface area contributed by atoms with E-state index in [4.69, 9.17) is 9.73 Å². The first kappa shape index (κ1) is 17.6. The minimum absolute atomic E-state index is 0.243. The van der Waals surface area contributed by atoms with Crippen LogP contribution in [-0.4, -0.2) is 54.7 Å². The van der Waals surface area contributed by atoms with Gasteiger partial charge in [-0.15, -0.1) is 0 Å². The molecule has 1 aromatic rings. The van der Waals surface area contributed by atoms with Crippen molar-refractivity contribution < 1.29 is 4.74 Å². The Kier molecular flexibility index (Phi) is 6.06. The number of benzene rings is 1. The van der Waals surface area contributed by atoms with Crippen molar-refractivity contribution in [1.29, 1.82) is 0 Å². The van der Waals surface area contributed by atoms with E-state index in [9.17, 15) is 0 Å². The quantitative estimate of drug-likeness (QED) is 0.671. The molecular weight excluding hydrogens is 318 g/mol.